The molecule has 0 spiro atoms. The number of carbonyl (C=O) groups excluding carboxylic acids is 1. The Morgan fingerprint density at radius 2 is 2.35 bits per heavy atom. The molecular formula is C12H18ClN3O. The second-order valence-corrected chi connectivity index (χ2v) is 4.51. The van der Waals surface area contributed by atoms with Crippen molar-refractivity contribution in [2.45, 2.75) is 39.2 Å². The lowest BCUT2D eigenvalue weighted by Gasteiger charge is -2.11. The van der Waals surface area contributed by atoms with Crippen molar-refractivity contribution in [3.63, 3.8) is 0 Å². The van der Waals surface area contributed by atoms with Gasteiger partial charge in [0.2, 0.25) is 5.91 Å². The molecule has 1 atom stereocenters. The van der Waals surface area contributed by atoms with Crippen molar-refractivity contribution in [1.29, 1.82) is 0 Å². The lowest BCUT2D eigenvalue weighted by atomic mass is 10.1. The van der Waals surface area contributed by atoms with Gasteiger partial charge in [-0.15, -0.1) is 0 Å². The second kappa shape index (κ2) is 6.57. The number of hydrogen-bond acceptors (Lipinski definition) is 3. The topological polar surface area (TPSA) is 68.0 Å². The highest BCUT2D eigenvalue weighted by Gasteiger charge is 2.11. The summed E-state index contributed by atoms with van der Waals surface area (Å²) in [5.41, 5.74) is 7.29. The molecule has 0 aliphatic rings. The van der Waals surface area contributed by atoms with Gasteiger partial charge in [-0.05, 0) is 25.0 Å². The van der Waals surface area contributed by atoms with Crippen LogP contribution in [0.25, 0.3) is 0 Å². The van der Waals surface area contributed by atoms with Crippen LogP contribution in [0.15, 0.2) is 12.3 Å². The van der Waals surface area contributed by atoms with Crippen molar-refractivity contribution < 1.29 is 4.79 Å². The summed E-state index contributed by atoms with van der Waals surface area (Å²) in [5, 5.41) is 3.03. The maximum atomic E-state index is 11.7. The van der Waals surface area contributed by atoms with E-state index in [-0.39, 0.29) is 11.9 Å². The third-order valence-corrected chi connectivity index (χ3v) is 2.66. The van der Waals surface area contributed by atoms with Crippen LogP contribution in [0.5, 0.6) is 0 Å². The summed E-state index contributed by atoms with van der Waals surface area (Å²) in [5.74, 6) is -0.125. The summed E-state index contributed by atoms with van der Waals surface area (Å²) in [6, 6.07) is 1.69. The summed E-state index contributed by atoms with van der Waals surface area (Å²) in [6.07, 6.45) is 3.77. The van der Waals surface area contributed by atoms with E-state index in [9.17, 15) is 4.79 Å². The molecule has 0 aliphatic heterocycles. The number of aromatic nitrogens is 1. The molecule has 0 radical (unpaired) electrons. The van der Waals surface area contributed by atoms with Crippen LogP contribution >= 0.6 is 11.6 Å². The maximum absolute atomic E-state index is 11.7. The van der Waals surface area contributed by atoms with E-state index in [1.54, 1.807) is 12.3 Å². The molecule has 0 saturated carbocycles. The van der Waals surface area contributed by atoms with Gasteiger partial charge in [-0.25, -0.2) is 4.98 Å². The predicted molar refractivity (Wildman–Crippen MR) is 70.1 cm³/mol. The van der Waals surface area contributed by atoms with Gasteiger partial charge in [0.15, 0.2) is 5.15 Å². The molecule has 0 aromatic carbocycles. The Hall–Kier alpha value is -1.13. The highest BCUT2D eigenvalue weighted by Crippen LogP contribution is 2.20. The van der Waals surface area contributed by atoms with E-state index in [1.165, 1.54) is 0 Å². The zero-order chi connectivity index (χ0) is 12.8. The molecule has 1 rings (SSSR count). The Balaban J connectivity index is 2.58. The average Bonchev–Trinajstić information content (AvgIpc) is 2.23. The highest BCUT2D eigenvalue weighted by atomic mass is 35.5. The van der Waals surface area contributed by atoms with E-state index < -0.39 is 0 Å². The van der Waals surface area contributed by atoms with Gasteiger partial charge in [-0.1, -0.05) is 24.9 Å². The Morgan fingerprint density at radius 3 is 3.00 bits per heavy atom. The minimum absolute atomic E-state index is 0.100. The monoisotopic (exact) mass is 255 g/mol. The van der Waals surface area contributed by atoms with E-state index in [2.05, 4.69) is 10.3 Å². The molecule has 3 N–H and O–H groups in total. The molecule has 5 heteroatoms. The van der Waals surface area contributed by atoms with Crippen molar-refractivity contribution in [3.8, 4) is 0 Å². The van der Waals surface area contributed by atoms with E-state index in [4.69, 9.17) is 17.3 Å². The Morgan fingerprint density at radius 1 is 1.65 bits per heavy atom. The van der Waals surface area contributed by atoms with Gasteiger partial charge in [-0.2, -0.15) is 0 Å². The lowest BCUT2D eigenvalue weighted by Crippen LogP contribution is -2.27. The molecule has 0 aliphatic carbocycles. The molecule has 1 heterocycles. The predicted octanol–water partition coefficient (Wildman–Crippen LogP) is 2.50. The summed E-state index contributed by atoms with van der Waals surface area (Å²) < 4.78 is 0. The van der Waals surface area contributed by atoms with Crippen molar-refractivity contribution in [2.24, 2.45) is 5.73 Å². The quantitative estimate of drug-likeness (QED) is 0.795. The molecule has 94 valence electrons. The first-order valence-corrected chi connectivity index (χ1v) is 6.08. The number of aryl methyl sites for hydroxylation is 1. The third kappa shape index (κ3) is 4.71. The molecule has 1 aromatic heterocycles. The van der Waals surface area contributed by atoms with Crippen molar-refractivity contribution in [1.82, 2.24) is 4.98 Å². The molecule has 4 nitrogen and oxygen atoms in total. The Kier molecular flexibility index (Phi) is 5.38. The van der Waals surface area contributed by atoms with Crippen LogP contribution in [0.4, 0.5) is 5.69 Å². The first kappa shape index (κ1) is 13.9. The summed E-state index contributed by atoms with van der Waals surface area (Å²) in [4.78, 5) is 15.7. The zero-order valence-electron chi connectivity index (χ0n) is 10.2. The minimum Gasteiger partial charge on any atom is -0.327 e. The number of nitrogens with one attached hydrogen (secondary N) is 1. The molecule has 0 fully saturated rings. The van der Waals surface area contributed by atoms with E-state index in [1.807, 2.05) is 13.8 Å². The number of halogens is 1. The highest BCUT2D eigenvalue weighted by molar-refractivity contribution is 6.32. The van der Waals surface area contributed by atoms with Crippen molar-refractivity contribution >= 4 is 23.2 Å². The molecule has 1 aromatic rings. The number of amides is 1. The fraction of sp³-hybridized carbons (Fsp3) is 0.500. The number of hydrogen-bond donors (Lipinski definition) is 2. The lowest BCUT2D eigenvalue weighted by molar-refractivity contribution is -0.116. The SMILES string of the molecule is CCCC(N)CC(=O)Nc1cc(C)cnc1Cl. The molecule has 1 amide bonds. The fourth-order valence-corrected chi connectivity index (χ4v) is 1.70. The van der Waals surface area contributed by atoms with Gasteiger partial charge >= 0.3 is 0 Å². The number of nitrogens with zero attached hydrogens (tertiary/aromatic N) is 1. The molecule has 17 heavy (non-hydrogen) atoms. The first-order chi connectivity index (χ1) is 8.02. The zero-order valence-corrected chi connectivity index (χ0v) is 10.9. The van der Waals surface area contributed by atoms with Gasteiger partial charge in [0.1, 0.15) is 0 Å². The molecule has 0 bridgehead atoms. The fourth-order valence-electron chi connectivity index (χ4n) is 1.55. The molecule has 1 unspecified atom stereocenters. The van der Waals surface area contributed by atoms with Gasteiger partial charge < -0.3 is 11.1 Å². The molecular weight excluding hydrogens is 238 g/mol. The molecule has 0 saturated heterocycles. The largest absolute Gasteiger partial charge is 0.327 e. The van der Waals surface area contributed by atoms with E-state index in [0.29, 0.717) is 17.3 Å². The van der Waals surface area contributed by atoms with Crippen LogP contribution < -0.4 is 11.1 Å². The Bertz CT molecular complexity index is 395. The summed E-state index contributed by atoms with van der Waals surface area (Å²) >= 11 is 5.88. The first-order valence-electron chi connectivity index (χ1n) is 5.70. The van der Waals surface area contributed by atoms with Gasteiger partial charge in [-0.3, -0.25) is 4.79 Å². The second-order valence-electron chi connectivity index (χ2n) is 4.15. The van der Waals surface area contributed by atoms with Gasteiger partial charge in [0.05, 0.1) is 5.69 Å². The van der Waals surface area contributed by atoms with Crippen molar-refractivity contribution in [3.05, 3.63) is 23.0 Å². The van der Waals surface area contributed by atoms with Crippen LogP contribution in [0.3, 0.4) is 0 Å². The third-order valence-electron chi connectivity index (χ3n) is 2.36. The number of pyridine rings is 1. The normalized spacial score (nSPS) is 12.2. The van der Waals surface area contributed by atoms with Crippen molar-refractivity contribution in [2.75, 3.05) is 5.32 Å². The number of anilines is 1. The minimum atomic E-state index is -0.125. The van der Waals surface area contributed by atoms with E-state index in [0.717, 1.165) is 18.4 Å². The standard InChI is InChI=1S/C12H18ClN3O/c1-3-4-9(14)6-11(17)16-10-5-8(2)7-15-12(10)13/h5,7,9H,3-4,6,14H2,1-2H3,(H,16,17). The number of carbonyl (C=O) groups is 1. The smallest absolute Gasteiger partial charge is 0.226 e. The summed E-state index contributed by atoms with van der Waals surface area (Å²) in [6.45, 7) is 3.93. The number of nitrogens with two attached hydrogens (primary N) is 1. The van der Waals surface area contributed by atoms with Crippen LogP contribution in [-0.4, -0.2) is 16.9 Å². The number of rotatable bonds is 5. The Labute approximate surface area is 107 Å². The average molecular weight is 256 g/mol. The van der Waals surface area contributed by atoms with Gasteiger partial charge in [0, 0.05) is 18.7 Å². The van der Waals surface area contributed by atoms with Crippen LogP contribution in [0.1, 0.15) is 31.7 Å². The summed E-state index contributed by atoms with van der Waals surface area (Å²) in [7, 11) is 0. The van der Waals surface area contributed by atoms with Crippen LogP contribution in [-0.2, 0) is 4.79 Å². The van der Waals surface area contributed by atoms with E-state index >= 15 is 0 Å². The maximum Gasteiger partial charge on any atom is 0.226 e. The van der Waals surface area contributed by atoms with Crippen LogP contribution in [0.2, 0.25) is 5.15 Å². The van der Waals surface area contributed by atoms with Gasteiger partial charge in [0.25, 0.3) is 0 Å². The van der Waals surface area contributed by atoms with Crippen LogP contribution in [0, 0.1) is 6.92 Å².